The molecule has 2 rings (SSSR count). The molecule has 1 heterocycles. The van der Waals surface area contributed by atoms with E-state index in [9.17, 15) is 9.59 Å². The number of carboxylic acid groups (broad SMARTS) is 1. The van der Waals surface area contributed by atoms with Crippen LogP contribution in [0, 0.1) is 5.41 Å². The van der Waals surface area contributed by atoms with E-state index in [1.165, 1.54) is 44.9 Å². The Morgan fingerprint density at radius 1 is 1.00 bits per heavy atom. The van der Waals surface area contributed by atoms with E-state index in [4.69, 9.17) is 5.11 Å². The molecule has 1 aliphatic heterocycles. The molecule has 23 heavy (non-hydrogen) atoms. The number of rotatable bonds is 9. The molecule has 1 aliphatic carbocycles. The fraction of sp³-hybridized carbons (Fsp3) is 0.895. The van der Waals surface area contributed by atoms with Gasteiger partial charge in [0.1, 0.15) is 6.29 Å². The van der Waals surface area contributed by atoms with Gasteiger partial charge in [-0.2, -0.15) is 0 Å². The minimum atomic E-state index is -0.708. The van der Waals surface area contributed by atoms with E-state index >= 15 is 0 Å². The van der Waals surface area contributed by atoms with Crippen molar-refractivity contribution < 1.29 is 14.7 Å². The Balaban J connectivity index is 1.64. The highest BCUT2D eigenvalue weighted by molar-refractivity contribution is 5.66. The van der Waals surface area contributed by atoms with Crippen LogP contribution in [0.15, 0.2) is 0 Å². The molecule has 1 unspecified atom stereocenters. The predicted octanol–water partition coefficient (Wildman–Crippen LogP) is 4.03. The maximum atomic E-state index is 11.5. The SMILES string of the molecule is O=CC(CCCCCCC(=O)O)N1CCC2(CCCCC2)CC1. The third-order valence-electron chi connectivity index (χ3n) is 6.04. The minimum Gasteiger partial charge on any atom is -0.481 e. The predicted molar refractivity (Wildman–Crippen MR) is 91.5 cm³/mol. The molecule has 2 fully saturated rings. The lowest BCUT2D eigenvalue weighted by molar-refractivity contribution is -0.137. The molecule has 0 amide bonds. The molecule has 1 spiro atoms. The zero-order chi connectivity index (χ0) is 16.5. The van der Waals surface area contributed by atoms with Gasteiger partial charge in [0.2, 0.25) is 0 Å². The Morgan fingerprint density at radius 2 is 1.65 bits per heavy atom. The summed E-state index contributed by atoms with van der Waals surface area (Å²) in [6.07, 6.45) is 15.7. The first kappa shape index (κ1) is 18.4. The lowest BCUT2D eigenvalue weighted by atomic mass is 9.68. The van der Waals surface area contributed by atoms with Crippen molar-refractivity contribution in [3.05, 3.63) is 0 Å². The van der Waals surface area contributed by atoms with Gasteiger partial charge in [0.15, 0.2) is 0 Å². The second kappa shape index (κ2) is 9.41. The molecule has 1 saturated carbocycles. The largest absolute Gasteiger partial charge is 0.481 e. The number of piperidine rings is 1. The molecule has 0 aromatic carbocycles. The summed E-state index contributed by atoms with van der Waals surface area (Å²) in [4.78, 5) is 24.3. The summed E-state index contributed by atoms with van der Waals surface area (Å²) in [5, 5.41) is 8.62. The molecule has 1 atom stereocenters. The monoisotopic (exact) mass is 323 g/mol. The van der Waals surface area contributed by atoms with Crippen molar-refractivity contribution in [2.75, 3.05) is 13.1 Å². The topological polar surface area (TPSA) is 57.6 Å². The molecule has 0 aromatic rings. The van der Waals surface area contributed by atoms with E-state index in [2.05, 4.69) is 4.90 Å². The van der Waals surface area contributed by atoms with Gasteiger partial charge in [-0.15, -0.1) is 0 Å². The fourth-order valence-corrected chi connectivity index (χ4v) is 4.45. The summed E-state index contributed by atoms with van der Waals surface area (Å²) in [6.45, 7) is 2.17. The van der Waals surface area contributed by atoms with Gasteiger partial charge in [0.05, 0.1) is 6.04 Å². The molecule has 1 saturated heterocycles. The van der Waals surface area contributed by atoms with Gasteiger partial charge in [-0.3, -0.25) is 9.69 Å². The number of aldehydes is 1. The Kier molecular flexibility index (Phi) is 7.54. The molecule has 4 nitrogen and oxygen atoms in total. The highest BCUT2D eigenvalue weighted by atomic mass is 16.4. The summed E-state index contributed by atoms with van der Waals surface area (Å²) in [6, 6.07) is 0.0791. The standard InChI is InChI=1S/C19H33NO3/c21-16-17(8-4-1-2-5-9-18(22)23)20-14-12-19(13-15-20)10-6-3-7-11-19/h16-17H,1-15H2,(H,22,23). The van der Waals surface area contributed by atoms with E-state index in [1.54, 1.807) is 0 Å². The van der Waals surface area contributed by atoms with Crippen molar-refractivity contribution in [2.24, 2.45) is 5.41 Å². The second-order valence-corrected chi connectivity index (χ2v) is 7.65. The first-order chi connectivity index (χ1) is 11.2. The average molecular weight is 323 g/mol. The summed E-state index contributed by atoms with van der Waals surface area (Å²) >= 11 is 0. The van der Waals surface area contributed by atoms with Crippen LogP contribution in [-0.2, 0) is 9.59 Å². The van der Waals surface area contributed by atoms with Crippen molar-refractivity contribution in [2.45, 2.75) is 89.5 Å². The average Bonchev–Trinajstić information content (AvgIpc) is 2.56. The molecule has 0 radical (unpaired) electrons. The number of carbonyl (C=O) groups excluding carboxylic acids is 1. The molecule has 132 valence electrons. The van der Waals surface area contributed by atoms with Crippen molar-refractivity contribution in [3.63, 3.8) is 0 Å². The van der Waals surface area contributed by atoms with Crippen LogP contribution in [-0.4, -0.2) is 41.4 Å². The number of hydrogen-bond acceptors (Lipinski definition) is 3. The Labute approximate surface area is 140 Å². The highest BCUT2D eigenvalue weighted by Crippen LogP contribution is 2.44. The zero-order valence-corrected chi connectivity index (χ0v) is 14.5. The quantitative estimate of drug-likeness (QED) is 0.514. The smallest absolute Gasteiger partial charge is 0.303 e. The third kappa shape index (κ3) is 5.91. The number of hydrogen-bond donors (Lipinski definition) is 1. The molecule has 1 N–H and O–H groups in total. The lowest BCUT2D eigenvalue weighted by Crippen LogP contribution is -2.46. The van der Waals surface area contributed by atoms with Crippen LogP contribution in [0.2, 0.25) is 0 Å². The first-order valence-electron chi connectivity index (χ1n) is 9.56. The summed E-state index contributed by atoms with van der Waals surface area (Å²) in [5.74, 6) is -0.708. The van der Waals surface area contributed by atoms with Gasteiger partial charge in [0.25, 0.3) is 0 Å². The maximum absolute atomic E-state index is 11.5. The van der Waals surface area contributed by atoms with Crippen LogP contribution in [0.25, 0.3) is 0 Å². The van der Waals surface area contributed by atoms with E-state index < -0.39 is 5.97 Å². The van der Waals surface area contributed by atoms with Gasteiger partial charge < -0.3 is 9.90 Å². The number of aliphatic carboxylic acids is 1. The first-order valence-corrected chi connectivity index (χ1v) is 9.56. The molecular weight excluding hydrogens is 290 g/mol. The van der Waals surface area contributed by atoms with Gasteiger partial charge in [-0.05, 0) is 57.0 Å². The van der Waals surface area contributed by atoms with Crippen LogP contribution in [0.1, 0.15) is 83.5 Å². The van der Waals surface area contributed by atoms with Crippen LogP contribution in [0.4, 0.5) is 0 Å². The molecule has 0 bridgehead atoms. The minimum absolute atomic E-state index is 0.0791. The van der Waals surface area contributed by atoms with Crippen LogP contribution < -0.4 is 0 Å². The third-order valence-corrected chi connectivity index (χ3v) is 6.04. The molecule has 4 heteroatoms. The van der Waals surface area contributed by atoms with Crippen molar-refractivity contribution >= 4 is 12.3 Å². The molecular formula is C19H33NO3. The second-order valence-electron chi connectivity index (χ2n) is 7.65. The van der Waals surface area contributed by atoms with Gasteiger partial charge >= 0.3 is 5.97 Å². The Bertz CT molecular complexity index is 367. The molecule has 2 aliphatic rings. The molecule has 0 aromatic heterocycles. The van der Waals surface area contributed by atoms with E-state index in [0.29, 0.717) is 5.41 Å². The van der Waals surface area contributed by atoms with Crippen molar-refractivity contribution in [1.82, 2.24) is 4.90 Å². The van der Waals surface area contributed by atoms with Crippen molar-refractivity contribution in [3.8, 4) is 0 Å². The summed E-state index contributed by atoms with van der Waals surface area (Å²) in [7, 11) is 0. The van der Waals surface area contributed by atoms with Crippen LogP contribution in [0.3, 0.4) is 0 Å². The fourth-order valence-electron chi connectivity index (χ4n) is 4.45. The van der Waals surface area contributed by atoms with E-state index in [-0.39, 0.29) is 12.5 Å². The maximum Gasteiger partial charge on any atom is 0.303 e. The van der Waals surface area contributed by atoms with Crippen LogP contribution in [0.5, 0.6) is 0 Å². The zero-order valence-electron chi connectivity index (χ0n) is 14.5. The summed E-state index contributed by atoms with van der Waals surface area (Å²) in [5.41, 5.74) is 0.596. The van der Waals surface area contributed by atoms with E-state index in [1.807, 2.05) is 0 Å². The van der Waals surface area contributed by atoms with Gasteiger partial charge in [0, 0.05) is 6.42 Å². The Hall–Kier alpha value is -0.900. The van der Waals surface area contributed by atoms with Crippen LogP contribution >= 0.6 is 0 Å². The lowest BCUT2D eigenvalue weighted by Gasteiger charge is -2.45. The Morgan fingerprint density at radius 3 is 2.26 bits per heavy atom. The number of unbranched alkanes of at least 4 members (excludes halogenated alkanes) is 3. The summed E-state index contributed by atoms with van der Waals surface area (Å²) < 4.78 is 0. The van der Waals surface area contributed by atoms with Gasteiger partial charge in [-0.25, -0.2) is 0 Å². The normalized spacial score (nSPS) is 22.8. The number of nitrogens with zero attached hydrogens (tertiary/aromatic N) is 1. The van der Waals surface area contributed by atoms with E-state index in [0.717, 1.165) is 51.5 Å². The van der Waals surface area contributed by atoms with Gasteiger partial charge in [-0.1, -0.05) is 38.5 Å². The number of likely N-dealkylation sites (tertiary alicyclic amines) is 1. The highest BCUT2D eigenvalue weighted by Gasteiger charge is 2.36. The number of carbonyl (C=O) groups is 2. The van der Waals surface area contributed by atoms with Crippen molar-refractivity contribution in [1.29, 1.82) is 0 Å². The number of carboxylic acids is 1.